The monoisotopic (exact) mass is 446 g/mol. The van der Waals surface area contributed by atoms with Gasteiger partial charge in [0.2, 0.25) is 0 Å². The summed E-state index contributed by atoms with van der Waals surface area (Å²) in [5.74, 6) is 0. The maximum absolute atomic E-state index is 3.96. The molecule has 166 valence electrons. The van der Waals surface area contributed by atoms with Gasteiger partial charge in [-0.1, -0.05) is 128 Å². The van der Waals surface area contributed by atoms with E-state index in [2.05, 4.69) is 135 Å². The minimum absolute atomic E-state index is 1.15. The molecule has 0 heteroatoms. The van der Waals surface area contributed by atoms with E-state index in [1.54, 1.807) is 0 Å². The second-order valence-corrected chi connectivity index (χ2v) is 8.93. The molecule has 35 heavy (non-hydrogen) atoms. The SMILES string of the molecule is C=C/C(=C\C)c1ccc(-c2c3ccccc3c(-c3ccc4ccccc4c3)c3ccccc23)cc1. The number of rotatable bonds is 4. The lowest BCUT2D eigenvalue weighted by Crippen LogP contribution is -1.91. The van der Waals surface area contributed by atoms with Crippen LogP contribution < -0.4 is 0 Å². The first-order valence-corrected chi connectivity index (χ1v) is 12.1. The Balaban J connectivity index is 1.67. The predicted octanol–water partition coefficient (Wildman–Crippen LogP) is 10.1. The van der Waals surface area contributed by atoms with Gasteiger partial charge >= 0.3 is 0 Å². The molecule has 6 rings (SSSR count). The lowest BCUT2D eigenvalue weighted by Gasteiger charge is -2.18. The summed E-state index contributed by atoms with van der Waals surface area (Å²) in [6, 6.07) is 41.9. The van der Waals surface area contributed by atoms with Crippen molar-refractivity contribution in [2.45, 2.75) is 6.92 Å². The zero-order valence-electron chi connectivity index (χ0n) is 19.8. The van der Waals surface area contributed by atoms with E-state index in [-0.39, 0.29) is 0 Å². The van der Waals surface area contributed by atoms with E-state index in [9.17, 15) is 0 Å². The van der Waals surface area contributed by atoms with Crippen LogP contribution in [0.2, 0.25) is 0 Å². The zero-order chi connectivity index (χ0) is 23.8. The normalized spacial score (nSPS) is 11.9. The fourth-order valence-electron chi connectivity index (χ4n) is 5.33. The van der Waals surface area contributed by atoms with Gasteiger partial charge in [0.05, 0.1) is 0 Å². The molecule has 0 saturated heterocycles. The average Bonchev–Trinajstić information content (AvgIpc) is 2.92. The van der Waals surface area contributed by atoms with Crippen molar-refractivity contribution in [3.05, 3.63) is 140 Å². The molecule has 0 heterocycles. The third kappa shape index (κ3) is 3.55. The third-order valence-electron chi connectivity index (χ3n) is 7.01. The molecule has 0 unspecified atom stereocenters. The molecule has 0 radical (unpaired) electrons. The van der Waals surface area contributed by atoms with Crippen molar-refractivity contribution in [1.82, 2.24) is 0 Å². The van der Waals surface area contributed by atoms with Crippen molar-refractivity contribution in [3.8, 4) is 22.3 Å². The number of hydrogen-bond donors (Lipinski definition) is 0. The van der Waals surface area contributed by atoms with E-state index in [0.29, 0.717) is 0 Å². The van der Waals surface area contributed by atoms with Crippen LogP contribution in [0.5, 0.6) is 0 Å². The fraction of sp³-hybridized carbons (Fsp3) is 0.0286. The first kappa shape index (κ1) is 21.1. The highest BCUT2D eigenvalue weighted by Gasteiger charge is 2.16. The number of benzene rings is 6. The highest BCUT2D eigenvalue weighted by molar-refractivity contribution is 6.21. The van der Waals surface area contributed by atoms with E-state index >= 15 is 0 Å². The summed E-state index contributed by atoms with van der Waals surface area (Å²) in [6.45, 7) is 6.01. The lowest BCUT2D eigenvalue weighted by molar-refractivity contribution is 1.59. The van der Waals surface area contributed by atoms with E-state index in [0.717, 1.165) is 5.57 Å². The summed E-state index contributed by atoms with van der Waals surface area (Å²) in [4.78, 5) is 0. The average molecular weight is 447 g/mol. The Bertz CT molecular complexity index is 1690. The smallest absolute Gasteiger partial charge is 0.00262 e. The molecular weight excluding hydrogens is 420 g/mol. The molecule has 0 spiro atoms. The Hall–Kier alpha value is -4.42. The van der Waals surface area contributed by atoms with Gasteiger partial charge in [0.1, 0.15) is 0 Å². The van der Waals surface area contributed by atoms with Crippen molar-refractivity contribution in [2.24, 2.45) is 0 Å². The van der Waals surface area contributed by atoms with Crippen LogP contribution in [-0.4, -0.2) is 0 Å². The molecule has 0 aliphatic carbocycles. The summed E-state index contributed by atoms with van der Waals surface area (Å²) < 4.78 is 0. The third-order valence-corrected chi connectivity index (χ3v) is 7.01. The zero-order valence-corrected chi connectivity index (χ0v) is 19.8. The Kier molecular flexibility index (Phi) is 5.28. The maximum atomic E-state index is 3.96. The molecule has 0 aliphatic rings. The van der Waals surface area contributed by atoms with Crippen LogP contribution in [0.25, 0.3) is 60.1 Å². The summed E-state index contributed by atoms with van der Waals surface area (Å²) >= 11 is 0. The van der Waals surface area contributed by atoms with E-state index in [4.69, 9.17) is 0 Å². The van der Waals surface area contributed by atoms with Crippen LogP contribution in [-0.2, 0) is 0 Å². The molecule has 0 N–H and O–H groups in total. The fourth-order valence-corrected chi connectivity index (χ4v) is 5.33. The van der Waals surface area contributed by atoms with Gasteiger partial charge in [0.15, 0.2) is 0 Å². The largest absolute Gasteiger partial charge is 0.0985 e. The van der Waals surface area contributed by atoms with Crippen molar-refractivity contribution in [1.29, 1.82) is 0 Å². The van der Waals surface area contributed by atoms with Crippen LogP contribution in [0.1, 0.15) is 12.5 Å². The molecule has 0 bridgehead atoms. The maximum Gasteiger partial charge on any atom is -0.00262 e. The van der Waals surface area contributed by atoms with Crippen molar-refractivity contribution < 1.29 is 0 Å². The van der Waals surface area contributed by atoms with Gasteiger partial charge < -0.3 is 0 Å². The first-order chi connectivity index (χ1) is 17.3. The Morgan fingerprint density at radius 1 is 0.543 bits per heavy atom. The van der Waals surface area contributed by atoms with Gasteiger partial charge in [-0.15, -0.1) is 0 Å². The highest BCUT2D eigenvalue weighted by Crippen LogP contribution is 2.44. The van der Waals surface area contributed by atoms with Crippen LogP contribution in [0.15, 0.2) is 134 Å². The Morgan fingerprint density at radius 3 is 1.57 bits per heavy atom. The van der Waals surface area contributed by atoms with Gasteiger partial charge in [-0.05, 0) is 78.7 Å². The van der Waals surface area contributed by atoms with Crippen molar-refractivity contribution in [2.75, 3.05) is 0 Å². The highest BCUT2D eigenvalue weighted by atomic mass is 14.2. The van der Waals surface area contributed by atoms with Gasteiger partial charge in [-0.2, -0.15) is 0 Å². The van der Waals surface area contributed by atoms with E-state index in [1.807, 2.05) is 6.08 Å². The topological polar surface area (TPSA) is 0 Å². The van der Waals surface area contributed by atoms with E-state index < -0.39 is 0 Å². The van der Waals surface area contributed by atoms with E-state index in [1.165, 1.54) is 60.1 Å². The number of hydrogen-bond acceptors (Lipinski definition) is 0. The van der Waals surface area contributed by atoms with Gasteiger partial charge in [0, 0.05) is 0 Å². The molecule has 6 aromatic rings. The molecule has 0 amide bonds. The molecule has 0 atom stereocenters. The predicted molar refractivity (Wildman–Crippen MR) is 154 cm³/mol. The molecular formula is C35H26. The summed E-state index contributed by atoms with van der Waals surface area (Å²) in [7, 11) is 0. The summed E-state index contributed by atoms with van der Waals surface area (Å²) in [6.07, 6.45) is 4.02. The van der Waals surface area contributed by atoms with Crippen molar-refractivity contribution in [3.63, 3.8) is 0 Å². The van der Waals surface area contributed by atoms with Crippen molar-refractivity contribution >= 4 is 37.9 Å². The lowest BCUT2D eigenvalue weighted by atomic mass is 9.85. The molecule has 0 aliphatic heterocycles. The minimum atomic E-state index is 1.15. The second kappa shape index (κ2) is 8.74. The quantitative estimate of drug-likeness (QED) is 0.187. The number of fused-ring (bicyclic) bond motifs is 3. The first-order valence-electron chi connectivity index (χ1n) is 12.1. The minimum Gasteiger partial charge on any atom is -0.0985 e. The summed E-state index contributed by atoms with van der Waals surface area (Å²) in [5.41, 5.74) is 7.40. The Morgan fingerprint density at radius 2 is 1.03 bits per heavy atom. The standard InChI is InChI=1S/C35H26/c1-3-24(4-2)26-17-20-27(21-18-26)34-30-13-7-9-15-32(30)35(33-16-10-8-14-31(33)34)29-22-19-25-11-5-6-12-28(25)23-29/h3-23H,1H2,2H3/b24-4+. The Labute approximate surface area is 206 Å². The van der Waals surface area contributed by atoms with Crippen LogP contribution in [0.4, 0.5) is 0 Å². The van der Waals surface area contributed by atoms with Gasteiger partial charge in [-0.3, -0.25) is 0 Å². The van der Waals surface area contributed by atoms with Crippen LogP contribution >= 0.6 is 0 Å². The van der Waals surface area contributed by atoms with Gasteiger partial charge in [-0.25, -0.2) is 0 Å². The molecule has 0 saturated carbocycles. The molecule has 0 aromatic heterocycles. The second-order valence-electron chi connectivity index (χ2n) is 8.93. The molecule has 0 nitrogen and oxygen atoms in total. The van der Waals surface area contributed by atoms with Crippen LogP contribution in [0, 0.1) is 0 Å². The summed E-state index contributed by atoms with van der Waals surface area (Å²) in [5, 5.41) is 7.64. The molecule has 6 aromatic carbocycles. The van der Waals surface area contributed by atoms with Gasteiger partial charge in [0.25, 0.3) is 0 Å². The molecule has 0 fully saturated rings. The van der Waals surface area contributed by atoms with Crippen LogP contribution in [0.3, 0.4) is 0 Å². The number of allylic oxidation sites excluding steroid dienone is 3.